The summed E-state index contributed by atoms with van der Waals surface area (Å²) in [5.74, 6) is 0. The molecule has 0 bridgehead atoms. The molecule has 68 valence electrons. The van der Waals surface area contributed by atoms with Gasteiger partial charge in [-0.25, -0.2) is 0 Å². The summed E-state index contributed by atoms with van der Waals surface area (Å²) in [6.45, 7) is 4.99. The molecule has 0 saturated heterocycles. The Kier molecular flexibility index (Phi) is 2.76. The lowest BCUT2D eigenvalue weighted by Crippen LogP contribution is -2.34. The number of nitrogens with two attached hydrogens (primary N) is 1. The molecular weight excluding hydrogens is 150 g/mol. The molecule has 0 spiro atoms. The molecule has 3 heteroatoms. The van der Waals surface area contributed by atoms with Gasteiger partial charge >= 0.3 is 0 Å². The Bertz CT molecular complexity index is 208. The van der Waals surface area contributed by atoms with E-state index in [2.05, 4.69) is 10.3 Å². The molecule has 0 atom stereocenters. The van der Waals surface area contributed by atoms with E-state index in [1.54, 1.807) is 0 Å². The van der Waals surface area contributed by atoms with E-state index >= 15 is 0 Å². The van der Waals surface area contributed by atoms with Gasteiger partial charge in [-0.2, -0.15) is 0 Å². The highest BCUT2D eigenvalue weighted by Crippen LogP contribution is 2.07. The van der Waals surface area contributed by atoms with Crippen molar-refractivity contribution in [1.82, 2.24) is 4.98 Å². The third-order valence-electron chi connectivity index (χ3n) is 1.70. The summed E-state index contributed by atoms with van der Waals surface area (Å²) in [4.78, 5) is 2.98. The Morgan fingerprint density at radius 1 is 1.58 bits per heavy atom. The van der Waals surface area contributed by atoms with Crippen LogP contribution in [0.1, 0.15) is 20.3 Å². The van der Waals surface area contributed by atoms with Crippen molar-refractivity contribution in [3.63, 3.8) is 0 Å². The topological polar surface area (TPSA) is 53.8 Å². The molecule has 0 aromatic carbocycles. The number of anilines is 1. The van der Waals surface area contributed by atoms with Gasteiger partial charge in [-0.05, 0) is 26.3 Å². The minimum absolute atomic E-state index is 0.0801. The molecule has 0 amide bonds. The molecule has 1 rings (SSSR count). The second-order valence-corrected chi connectivity index (χ2v) is 3.77. The molecule has 1 aromatic rings. The SMILES string of the molecule is CC(C)(N)CCNc1cc[nH]c1. The van der Waals surface area contributed by atoms with Crippen LogP contribution >= 0.6 is 0 Å². The van der Waals surface area contributed by atoms with Crippen molar-refractivity contribution in [3.05, 3.63) is 18.5 Å². The summed E-state index contributed by atoms with van der Waals surface area (Å²) in [7, 11) is 0. The molecule has 0 saturated carbocycles. The number of nitrogens with one attached hydrogen (secondary N) is 2. The maximum Gasteiger partial charge on any atom is 0.0517 e. The molecule has 0 fully saturated rings. The van der Waals surface area contributed by atoms with Crippen molar-refractivity contribution in [2.24, 2.45) is 5.73 Å². The average Bonchev–Trinajstić information content (AvgIpc) is 2.36. The molecule has 0 aliphatic heterocycles. The Morgan fingerprint density at radius 3 is 2.83 bits per heavy atom. The van der Waals surface area contributed by atoms with Crippen LogP contribution in [0.2, 0.25) is 0 Å². The summed E-state index contributed by atoms with van der Waals surface area (Å²) in [5.41, 5.74) is 6.87. The quantitative estimate of drug-likeness (QED) is 0.637. The highest BCUT2D eigenvalue weighted by molar-refractivity contribution is 5.40. The van der Waals surface area contributed by atoms with Crippen LogP contribution in [0.4, 0.5) is 5.69 Å². The first kappa shape index (κ1) is 9.13. The first-order valence-corrected chi connectivity index (χ1v) is 4.23. The predicted octanol–water partition coefficient (Wildman–Crippen LogP) is 1.55. The zero-order valence-electron chi connectivity index (χ0n) is 7.72. The van der Waals surface area contributed by atoms with Gasteiger partial charge in [0, 0.05) is 24.5 Å². The highest BCUT2D eigenvalue weighted by atomic mass is 14.9. The maximum absolute atomic E-state index is 5.83. The lowest BCUT2D eigenvalue weighted by atomic mass is 10.0. The fraction of sp³-hybridized carbons (Fsp3) is 0.556. The molecule has 3 nitrogen and oxygen atoms in total. The maximum atomic E-state index is 5.83. The van der Waals surface area contributed by atoms with Crippen molar-refractivity contribution in [3.8, 4) is 0 Å². The number of rotatable bonds is 4. The summed E-state index contributed by atoms with van der Waals surface area (Å²) in [6.07, 6.45) is 4.80. The first-order valence-electron chi connectivity index (χ1n) is 4.23. The number of H-pyrrole nitrogens is 1. The number of hydrogen-bond donors (Lipinski definition) is 3. The van der Waals surface area contributed by atoms with Crippen molar-refractivity contribution < 1.29 is 0 Å². The molecule has 12 heavy (non-hydrogen) atoms. The van der Waals surface area contributed by atoms with Crippen LogP contribution in [0.5, 0.6) is 0 Å². The van der Waals surface area contributed by atoms with Crippen LogP contribution in [-0.4, -0.2) is 17.1 Å². The van der Waals surface area contributed by atoms with Gasteiger partial charge in [-0.1, -0.05) is 0 Å². The molecule has 0 aliphatic carbocycles. The van der Waals surface area contributed by atoms with Gasteiger partial charge < -0.3 is 16.0 Å². The molecule has 4 N–H and O–H groups in total. The number of aromatic nitrogens is 1. The predicted molar refractivity (Wildman–Crippen MR) is 52.2 cm³/mol. The monoisotopic (exact) mass is 167 g/mol. The normalized spacial score (nSPS) is 11.6. The minimum atomic E-state index is -0.0801. The number of aromatic amines is 1. The third kappa shape index (κ3) is 3.44. The van der Waals surface area contributed by atoms with E-state index in [0.717, 1.165) is 18.7 Å². The molecule has 1 heterocycles. The van der Waals surface area contributed by atoms with Crippen LogP contribution in [0.25, 0.3) is 0 Å². The smallest absolute Gasteiger partial charge is 0.0517 e. The lowest BCUT2D eigenvalue weighted by Gasteiger charge is -2.18. The summed E-state index contributed by atoms with van der Waals surface area (Å²) in [5, 5.41) is 3.27. The fourth-order valence-corrected chi connectivity index (χ4v) is 0.963. The van der Waals surface area contributed by atoms with Gasteiger partial charge in [0.05, 0.1) is 5.69 Å². The summed E-state index contributed by atoms with van der Waals surface area (Å²) in [6, 6.07) is 2.00. The van der Waals surface area contributed by atoms with Crippen molar-refractivity contribution in [2.75, 3.05) is 11.9 Å². The fourth-order valence-electron chi connectivity index (χ4n) is 0.963. The molecule has 0 aliphatic rings. The lowest BCUT2D eigenvalue weighted by molar-refractivity contribution is 0.491. The summed E-state index contributed by atoms with van der Waals surface area (Å²) < 4.78 is 0. The Morgan fingerprint density at radius 2 is 2.33 bits per heavy atom. The van der Waals surface area contributed by atoms with Crippen molar-refractivity contribution >= 4 is 5.69 Å². The third-order valence-corrected chi connectivity index (χ3v) is 1.70. The second-order valence-electron chi connectivity index (χ2n) is 3.77. The second kappa shape index (κ2) is 3.63. The van der Waals surface area contributed by atoms with E-state index in [1.807, 2.05) is 32.3 Å². The van der Waals surface area contributed by atoms with E-state index in [0.29, 0.717) is 0 Å². The Labute approximate surface area is 73.4 Å². The van der Waals surface area contributed by atoms with Gasteiger partial charge in [0.2, 0.25) is 0 Å². The molecular formula is C9H17N3. The van der Waals surface area contributed by atoms with Crippen molar-refractivity contribution in [2.45, 2.75) is 25.8 Å². The standard InChI is InChI=1S/C9H17N3/c1-9(2,10)4-6-12-8-3-5-11-7-8/h3,5,7,11-12H,4,6,10H2,1-2H3. The van der Waals surface area contributed by atoms with Gasteiger partial charge in [0.25, 0.3) is 0 Å². The van der Waals surface area contributed by atoms with Crippen LogP contribution in [0.3, 0.4) is 0 Å². The number of hydrogen-bond acceptors (Lipinski definition) is 2. The largest absolute Gasteiger partial charge is 0.384 e. The minimum Gasteiger partial charge on any atom is -0.384 e. The van der Waals surface area contributed by atoms with Crippen LogP contribution in [-0.2, 0) is 0 Å². The van der Waals surface area contributed by atoms with Crippen LogP contribution in [0, 0.1) is 0 Å². The average molecular weight is 167 g/mol. The van der Waals surface area contributed by atoms with Gasteiger partial charge in [-0.15, -0.1) is 0 Å². The first-order chi connectivity index (χ1) is 5.58. The zero-order chi connectivity index (χ0) is 9.03. The van der Waals surface area contributed by atoms with Gasteiger partial charge in [0.15, 0.2) is 0 Å². The van der Waals surface area contributed by atoms with Gasteiger partial charge in [0.1, 0.15) is 0 Å². The molecule has 0 unspecified atom stereocenters. The van der Waals surface area contributed by atoms with Crippen LogP contribution < -0.4 is 11.1 Å². The Hall–Kier alpha value is -0.960. The molecule has 0 radical (unpaired) electrons. The molecule has 1 aromatic heterocycles. The van der Waals surface area contributed by atoms with E-state index < -0.39 is 0 Å². The Balaban J connectivity index is 2.20. The van der Waals surface area contributed by atoms with E-state index in [4.69, 9.17) is 5.73 Å². The summed E-state index contributed by atoms with van der Waals surface area (Å²) >= 11 is 0. The van der Waals surface area contributed by atoms with Gasteiger partial charge in [-0.3, -0.25) is 0 Å². The zero-order valence-corrected chi connectivity index (χ0v) is 7.72. The van der Waals surface area contributed by atoms with E-state index in [-0.39, 0.29) is 5.54 Å². The van der Waals surface area contributed by atoms with Crippen molar-refractivity contribution in [1.29, 1.82) is 0 Å². The van der Waals surface area contributed by atoms with Crippen LogP contribution in [0.15, 0.2) is 18.5 Å². The van der Waals surface area contributed by atoms with E-state index in [9.17, 15) is 0 Å². The highest BCUT2D eigenvalue weighted by Gasteiger charge is 2.08. The van der Waals surface area contributed by atoms with E-state index in [1.165, 1.54) is 0 Å².